The molecule has 2 heteroatoms. The Labute approximate surface area is 189 Å². The quantitative estimate of drug-likeness (QED) is 0.222. The van der Waals surface area contributed by atoms with Crippen molar-refractivity contribution >= 4 is 26.7 Å². The third-order valence-corrected chi connectivity index (χ3v) is 7.26. The van der Waals surface area contributed by atoms with Crippen LogP contribution in [0.15, 0.2) is 108 Å². The standard InChI is InChI=1S/C29H17BrO/c30-20-13-14-22-21-9-3-4-10-23(21)29(25(22)17-20)24-11-5-6-12-27(24)31-28-16-19-8-2-1-7-18(19)15-26(28)29/h1-17H. The second-order valence-electron chi connectivity index (χ2n) is 8.28. The number of benzene rings is 5. The van der Waals surface area contributed by atoms with Crippen molar-refractivity contribution in [3.8, 4) is 22.6 Å². The van der Waals surface area contributed by atoms with Crippen LogP contribution in [0.5, 0.6) is 11.5 Å². The van der Waals surface area contributed by atoms with Gasteiger partial charge in [-0.2, -0.15) is 0 Å². The molecular weight excluding hydrogens is 444 g/mol. The lowest BCUT2D eigenvalue weighted by atomic mass is 9.66. The number of ether oxygens (including phenoxy) is 1. The molecule has 2 aliphatic rings. The molecule has 1 heterocycles. The van der Waals surface area contributed by atoms with Gasteiger partial charge in [-0.05, 0) is 63.4 Å². The Bertz CT molecular complexity index is 1530. The van der Waals surface area contributed by atoms with Crippen LogP contribution in [0.4, 0.5) is 0 Å². The van der Waals surface area contributed by atoms with Crippen molar-refractivity contribution in [1.29, 1.82) is 0 Å². The van der Waals surface area contributed by atoms with Gasteiger partial charge in [0, 0.05) is 15.6 Å². The van der Waals surface area contributed by atoms with Crippen LogP contribution in [-0.4, -0.2) is 0 Å². The highest BCUT2D eigenvalue weighted by molar-refractivity contribution is 9.10. The summed E-state index contributed by atoms with van der Waals surface area (Å²) in [5, 5.41) is 2.42. The summed E-state index contributed by atoms with van der Waals surface area (Å²) >= 11 is 3.75. The normalized spacial score (nSPS) is 17.6. The molecule has 0 aromatic heterocycles. The Morgan fingerprint density at radius 2 is 1.19 bits per heavy atom. The van der Waals surface area contributed by atoms with Crippen molar-refractivity contribution in [1.82, 2.24) is 0 Å². The van der Waals surface area contributed by atoms with E-state index >= 15 is 0 Å². The topological polar surface area (TPSA) is 9.23 Å². The smallest absolute Gasteiger partial charge is 0.132 e. The van der Waals surface area contributed by atoms with Gasteiger partial charge >= 0.3 is 0 Å². The summed E-state index contributed by atoms with van der Waals surface area (Å²) in [6, 6.07) is 37.0. The molecule has 5 aromatic carbocycles. The molecule has 1 atom stereocenters. The molecule has 0 amide bonds. The predicted octanol–water partition coefficient (Wildman–Crippen LogP) is 8.07. The number of rotatable bonds is 0. The van der Waals surface area contributed by atoms with Gasteiger partial charge in [0.15, 0.2) is 0 Å². The Hall–Kier alpha value is -3.36. The first-order chi connectivity index (χ1) is 15.3. The van der Waals surface area contributed by atoms with E-state index in [0.29, 0.717) is 0 Å². The Morgan fingerprint density at radius 1 is 0.516 bits per heavy atom. The summed E-state index contributed by atoms with van der Waals surface area (Å²) in [5.74, 6) is 1.85. The van der Waals surface area contributed by atoms with Crippen molar-refractivity contribution in [3.63, 3.8) is 0 Å². The third-order valence-electron chi connectivity index (χ3n) is 6.77. The van der Waals surface area contributed by atoms with Gasteiger partial charge < -0.3 is 4.74 Å². The highest BCUT2D eigenvalue weighted by atomic mass is 79.9. The summed E-state index contributed by atoms with van der Waals surface area (Å²) in [6.45, 7) is 0. The maximum absolute atomic E-state index is 6.52. The lowest BCUT2D eigenvalue weighted by molar-refractivity contribution is 0.437. The first-order valence-electron chi connectivity index (χ1n) is 10.5. The molecule has 0 N–H and O–H groups in total. The van der Waals surface area contributed by atoms with Crippen LogP contribution < -0.4 is 4.74 Å². The summed E-state index contributed by atoms with van der Waals surface area (Å²) in [4.78, 5) is 0. The minimum absolute atomic E-state index is 0.413. The van der Waals surface area contributed by atoms with Gasteiger partial charge in [-0.25, -0.2) is 0 Å². The largest absolute Gasteiger partial charge is 0.457 e. The fourth-order valence-corrected chi connectivity index (χ4v) is 5.92. The molecule has 0 radical (unpaired) electrons. The molecule has 1 spiro atoms. The molecule has 0 saturated heterocycles. The zero-order chi connectivity index (χ0) is 20.6. The molecule has 1 aliphatic heterocycles. The third kappa shape index (κ3) is 2.15. The van der Waals surface area contributed by atoms with Gasteiger partial charge in [0.1, 0.15) is 11.5 Å². The molecule has 1 nitrogen and oxygen atoms in total. The van der Waals surface area contributed by atoms with E-state index in [0.717, 1.165) is 16.0 Å². The van der Waals surface area contributed by atoms with Crippen LogP contribution in [0.3, 0.4) is 0 Å². The monoisotopic (exact) mass is 460 g/mol. The number of halogens is 1. The number of hydrogen-bond donors (Lipinski definition) is 0. The van der Waals surface area contributed by atoms with Gasteiger partial charge in [0.05, 0.1) is 5.41 Å². The first-order valence-corrected chi connectivity index (χ1v) is 11.3. The minimum Gasteiger partial charge on any atom is -0.457 e. The zero-order valence-corrected chi connectivity index (χ0v) is 18.2. The number of fused-ring (bicyclic) bond motifs is 10. The van der Waals surface area contributed by atoms with Crippen LogP contribution in [0.2, 0.25) is 0 Å². The molecule has 0 fully saturated rings. The Balaban J connectivity index is 1.72. The lowest BCUT2D eigenvalue weighted by Crippen LogP contribution is -2.32. The van der Waals surface area contributed by atoms with Gasteiger partial charge in [0.25, 0.3) is 0 Å². The minimum atomic E-state index is -0.413. The highest BCUT2D eigenvalue weighted by Gasteiger charge is 2.51. The van der Waals surface area contributed by atoms with Crippen molar-refractivity contribution < 1.29 is 4.74 Å². The molecule has 7 rings (SSSR count). The highest BCUT2D eigenvalue weighted by Crippen LogP contribution is 2.62. The molecule has 1 aliphatic carbocycles. The number of hydrogen-bond acceptors (Lipinski definition) is 1. The SMILES string of the molecule is Brc1ccc2c(c1)C1(c3ccccc3Oc3cc4ccccc4cc31)c1ccccc1-2. The fraction of sp³-hybridized carbons (Fsp3) is 0.0345. The Kier molecular flexibility index (Phi) is 3.40. The summed E-state index contributed by atoms with van der Waals surface area (Å²) in [5.41, 5.74) is 7.18. The molecular formula is C29H17BrO. The number of para-hydroxylation sites is 1. The second-order valence-corrected chi connectivity index (χ2v) is 9.19. The van der Waals surface area contributed by atoms with Crippen molar-refractivity contribution in [2.24, 2.45) is 0 Å². The van der Waals surface area contributed by atoms with E-state index in [-0.39, 0.29) is 0 Å². The van der Waals surface area contributed by atoms with Crippen LogP contribution in [-0.2, 0) is 5.41 Å². The maximum atomic E-state index is 6.52. The summed E-state index contributed by atoms with van der Waals surface area (Å²) in [7, 11) is 0. The average molecular weight is 461 g/mol. The van der Waals surface area contributed by atoms with Gasteiger partial charge in [-0.1, -0.05) is 88.7 Å². The van der Waals surface area contributed by atoms with Crippen molar-refractivity contribution in [2.75, 3.05) is 0 Å². The molecule has 31 heavy (non-hydrogen) atoms. The molecule has 0 saturated carbocycles. The van der Waals surface area contributed by atoms with Crippen LogP contribution in [0.1, 0.15) is 22.3 Å². The van der Waals surface area contributed by atoms with E-state index in [1.165, 1.54) is 44.2 Å². The van der Waals surface area contributed by atoms with E-state index in [9.17, 15) is 0 Å². The van der Waals surface area contributed by atoms with Crippen molar-refractivity contribution in [3.05, 3.63) is 130 Å². The van der Waals surface area contributed by atoms with Gasteiger partial charge in [-0.15, -0.1) is 0 Å². The van der Waals surface area contributed by atoms with E-state index in [4.69, 9.17) is 4.74 Å². The fourth-order valence-electron chi connectivity index (χ4n) is 5.56. The van der Waals surface area contributed by atoms with E-state index in [1.54, 1.807) is 0 Å². The summed E-state index contributed by atoms with van der Waals surface area (Å²) in [6.07, 6.45) is 0. The zero-order valence-electron chi connectivity index (χ0n) is 16.6. The molecule has 146 valence electrons. The van der Waals surface area contributed by atoms with E-state index in [2.05, 4.69) is 119 Å². The van der Waals surface area contributed by atoms with Crippen LogP contribution in [0, 0.1) is 0 Å². The molecule has 1 unspecified atom stereocenters. The Morgan fingerprint density at radius 3 is 2.06 bits per heavy atom. The molecule has 0 bridgehead atoms. The van der Waals surface area contributed by atoms with Crippen molar-refractivity contribution in [2.45, 2.75) is 5.41 Å². The van der Waals surface area contributed by atoms with Gasteiger partial charge in [0.2, 0.25) is 0 Å². The second kappa shape index (κ2) is 6.09. The van der Waals surface area contributed by atoms with E-state index < -0.39 is 5.41 Å². The maximum Gasteiger partial charge on any atom is 0.132 e. The average Bonchev–Trinajstić information content (AvgIpc) is 3.09. The first kappa shape index (κ1) is 17.3. The van der Waals surface area contributed by atoms with E-state index in [1.807, 2.05) is 0 Å². The molecule has 5 aromatic rings. The lowest BCUT2D eigenvalue weighted by Gasteiger charge is -2.39. The predicted molar refractivity (Wildman–Crippen MR) is 129 cm³/mol. The van der Waals surface area contributed by atoms with Crippen LogP contribution >= 0.6 is 15.9 Å². The summed E-state index contributed by atoms with van der Waals surface area (Å²) < 4.78 is 7.61. The van der Waals surface area contributed by atoms with Gasteiger partial charge in [-0.3, -0.25) is 0 Å². The van der Waals surface area contributed by atoms with Crippen LogP contribution in [0.25, 0.3) is 21.9 Å².